The Labute approximate surface area is 121 Å². The molecule has 0 aliphatic rings. The van der Waals surface area contributed by atoms with Crippen molar-refractivity contribution in [3.8, 4) is 0 Å². The van der Waals surface area contributed by atoms with Crippen molar-refractivity contribution in [2.75, 3.05) is 18.6 Å². The van der Waals surface area contributed by atoms with Gasteiger partial charge in [0.2, 0.25) is 0 Å². The van der Waals surface area contributed by atoms with E-state index in [1.807, 2.05) is 0 Å². The van der Waals surface area contributed by atoms with Gasteiger partial charge in [0.15, 0.2) is 0 Å². The van der Waals surface area contributed by atoms with Gasteiger partial charge in [-0.25, -0.2) is 12.8 Å². The monoisotopic (exact) mass is 301 g/mol. The molecular formula is C15H24FNO2S. The first kappa shape index (κ1) is 17.1. The lowest BCUT2D eigenvalue weighted by Crippen LogP contribution is -2.31. The molecule has 3 nitrogen and oxygen atoms in total. The lowest BCUT2D eigenvalue weighted by Gasteiger charge is -2.19. The minimum atomic E-state index is -2.94. The molecular weight excluding hydrogens is 277 g/mol. The molecule has 1 rings (SSSR count). The van der Waals surface area contributed by atoms with E-state index in [1.54, 1.807) is 12.1 Å². The van der Waals surface area contributed by atoms with Gasteiger partial charge in [0, 0.05) is 12.3 Å². The number of rotatable bonds is 8. The van der Waals surface area contributed by atoms with Gasteiger partial charge in [-0.05, 0) is 43.0 Å². The Morgan fingerprint density at radius 1 is 1.20 bits per heavy atom. The van der Waals surface area contributed by atoms with E-state index in [1.165, 1.54) is 18.4 Å². The van der Waals surface area contributed by atoms with Crippen LogP contribution in [0.2, 0.25) is 0 Å². The van der Waals surface area contributed by atoms with E-state index in [0.717, 1.165) is 18.5 Å². The van der Waals surface area contributed by atoms with Crippen molar-refractivity contribution in [1.82, 2.24) is 5.32 Å². The van der Waals surface area contributed by atoms with Gasteiger partial charge in [-0.15, -0.1) is 0 Å². The average molecular weight is 301 g/mol. The molecule has 5 heteroatoms. The Morgan fingerprint density at radius 2 is 1.80 bits per heavy atom. The summed E-state index contributed by atoms with van der Waals surface area (Å²) in [5.41, 5.74) is 1.04. The standard InChI is InChI=1S/C15H24FNO2S/c1-12(2)17-11-14(8-9-20(3,18)19)10-13-4-6-15(16)7-5-13/h4-7,12,14,17H,8-11H2,1-3H3. The molecule has 0 aliphatic heterocycles. The normalized spacial score (nSPS) is 13.7. The molecule has 1 atom stereocenters. The van der Waals surface area contributed by atoms with Crippen LogP contribution in [-0.2, 0) is 16.3 Å². The van der Waals surface area contributed by atoms with Crippen molar-refractivity contribution >= 4 is 9.84 Å². The SMILES string of the molecule is CC(C)NCC(CCS(C)(=O)=O)Cc1ccc(F)cc1. The highest BCUT2D eigenvalue weighted by Gasteiger charge is 2.14. The van der Waals surface area contributed by atoms with Crippen LogP contribution in [0.15, 0.2) is 24.3 Å². The van der Waals surface area contributed by atoms with Crippen LogP contribution in [0.5, 0.6) is 0 Å². The van der Waals surface area contributed by atoms with Crippen molar-refractivity contribution in [3.63, 3.8) is 0 Å². The molecule has 0 saturated heterocycles. The summed E-state index contributed by atoms with van der Waals surface area (Å²) >= 11 is 0. The maximum absolute atomic E-state index is 12.9. The largest absolute Gasteiger partial charge is 0.314 e. The fourth-order valence-corrected chi connectivity index (χ4v) is 2.77. The summed E-state index contributed by atoms with van der Waals surface area (Å²) < 4.78 is 35.5. The Balaban J connectivity index is 2.63. The Morgan fingerprint density at radius 3 is 2.30 bits per heavy atom. The molecule has 0 heterocycles. The predicted octanol–water partition coefficient (Wildman–Crippen LogP) is 2.42. The van der Waals surface area contributed by atoms with Gasteiger partial charge < -0.3 is 5.32 Å². The van der Waals surface area contributed by atoms with Gasteiger partial charge in [0.1, 0.15) is 15.7 Å². The molecule has 0 amide bonds. The molecule has 0 aliphatic carbocycles. The zero-order valence-electron chi connectivity index (χ0n) is 12.4. The molecule has 0 saturated carbocycles. The smallest absolute Gasteiger partial charge is 0.147 e. The third kappa shape index (κ3) is 7.60. The maximum atomic E-state index is 12.9. The highest BCUT2D eigenvalue weighted by atomic mass is 32.2. The number of nitrogens with one attached hydrogen (secondary N) is 1. The van der Waals surface area contributed by atoms with Crippen molar-refractivity contribution in [3.05, 3.63) is 35.6 Å². The molecule has 0 bridgehead atoms. The minimum absolute atomic E-state index is 0.193. The second kappa shape index (κ2) is 7.74. The van der Waals surface area contributed by atoms with Crippen LogP contribution in [-0.4, -0.2) is 33.0 Å². The zero-order chi connectivity index (χ0) is 15.2. The summed E-state index contributed by atoms with van der Waals surface area (Å²) in [4.78, 5) is 0. The van der Waals surface area contributed by atoms with Crippen molar-refractivity contribution < 1.29 is 12.8 Å². The first-order valence-electron chi connectivity index (χ1n) is 6.92. The molecule has 0 spiro atoms. The van der Waals surface area contributed by atoms with Gasteiger partial charge in [-0.2, -0.15) is 0 Å². The quantitative estimate of drug-likeness (QED) is 0.802. The molecule has 0 fully saturated rings. The van der Waals surface area contributed by atoms with Crippen LogP contribution in [0.25, 0.3) is 0 Å². The lowest BCUT2D eigenvalue weighted by atomic mass is 9.96. The fourth-order valence-electron chi connectivity index (χ4n) is 2.01. The van der Waals surface area contributed by atoms with E-state index < -0.39 is 9.84 Å². The van der Waals surface area contributed by atoms with E-state index in [9.17, 15) is 12.8 Å². The van der Waals surface area contributed by atoms with Gasteiger partial charge in [-0.1, -0.05) is 26.0 Å². The van der Waals surface area contributed by atoms with E-state index in [0.29, 0.717) is 12.5 Å². The van der Waals surface area contributed by atoms with Crippen molar-refractivity contribution in [1.29, 1.82) is 0 Å². The topological polar surface area (TPSA) is 46.2 Å². The van der Waals surface area contributed by atoms with Crippen molar-refractivity contribution in [2.24, 2.45) is 5.92 Å². The summed E-state index contributed by atoms with van der Waals surface area (Å²) in [6.07, 6.45) is 2.64. The van der Waals surface area contributed by atoms with Crippen LogP contribution in [0.4, 0.5) is 4.39 Å². The van der Waals surface area contributed by atoms with Crippen molar-refractivity contribution in [2.45, 2.75) is 32.7 Å². The summed E-state index contributed by atoms with van der Waals surface area (Å²) in [6, 6.07) is 6.78. The summed E-state index contributed by atoms with van der Waals surface area (Å²) in [6.45, 7) is 4.89. The van der Waals surface area contributed by atoms with Crippen LogP contribution < -0.4 is 5.32 Å². The molecule has 114 valence electrons. The Bertz CT molecular complexity index is 497. The summed E-state index contributed by atoms with van der Waals surface area (Å²) in [5.74, 6) is 0.179. The summed E-state index contributed by atoms with van der Waals surface area (Å²) in [5, 5.41) is 3.34. The number of hydrogen-bond acceptors (Lipinski definition) is 3. The second-order valence-electron chi connectivity index (χ2n) is 5.68. The highest BCUT2D eigenvalue weighted by molar-refractivity contribution is 7.90. The molecule has 1 N–H and O–H groups in total. The average Bonchev–Trinajstić information content (AvgIpc) is 2.34. The third-order valence-electron chi connectivity index (χ3n) is 3.15. The second-order valence-corrected chi connectivity index (χ2v) is 7.94. The van der Waals surface area contributed by atoms with Crippen LogP contribution >= 0.6 is 0 Å². The fraction of sp³-hybridized carbons (Fsp3) is 0.600. The molecule has 1 unspecified atom stereocenters. The number of sulfone groups is 1. The first-order chi connectivity index (χ1) is 9.26. The van der Waals surface area contributed by atoms with Gasteiger partial charge in [-0.3, -0.25) is 0 Å². The third-order valence-corrected chi connectivity index (χ3v) is 4.13. The first-order valence-corrected chi connectivity index (χ1v) is 8.98. The van der Waals surface area contributed by atoms with E-state index >= 15 is 0 Å². The molecule has 0 radical (unpaired) electrons. The van der Waals surface area contributed by atoms with Crippen LogP contribution in [0, 0.1) is 11.7 Å². The Hall–Kier alpha value is -0.940. The number of hydrogen-bond donors (Lipinski definition) is 1. The minimum Gasteiger partial charge on any atom is -0.314 e. The lowest BCUT2D eigenvalue weighted by molar-refractivity contribution is 0.435. The molecule has 0 aromatic heterocycles. The van der Waals surface area contributed by atoms with E-state index in [4.69, 9.17) is 0 Å². The summed E-state index contributed by atoms with van der Waals surface area (Å²) in [7, 11) is -2.94. The Kier molecular flexibility index (Phi) is 6.62. The molecule has 1 aromatic rings. The number of benzene rings is 1. The van der Waals surface area contributed by atoms with Gasteiger partial charge in [0.25, 0.3) is 0 Å². The zero-order valence-corrected chi connectivity index (χ0v) is 13.2. The van der Waals surface area contributed by atoms with E-state index in [-0.39, 0.29) is 17.5 Å². The maximum Gasteiger partial charge on any atom is 0.147 e. The van der Waals surface area contributed by atoms with E-state index in [2.05, 4.69) is 19.2 Å². The molecule has 1 aromatic carbocycles. The van der Waals surface area contributed by atoms with Crippen LogP contribution in [0.1, 0.15) is 25.8 Å². The van der Waals surface area contributed by atoms with Crippen LogP contribution in [0.3, 0.4) is 0 Å². The van der Waals surface area contributed by atoms with Gasteiger partial charge in [0.05, 0.1) is 5.75 Å². The van der Waals surface area contributed by atoms with Gasteiger partial charge >= 0.3 is 0 Å². The highest BCUT2D eigenvalue weighted by Crippen LogP contribution is 2.14. The molecule has 20 heavy (non-hydrogen) atoms. The number of halogens is 1. The predicted molar refractivity (Wildman–Crippen MR) is 81.1 cm³/mol.